The van der Waals surface area contributed by atoms with Gasteiger partial charge in [0.25, 0.3) is 0 Å². The van der Waals surface area contributed by atoms with E-state index in [-0.39, 0.29) is 12.1 Å². The van der Waals surface area contributed by atoms with E-state index in [4.69, 9.17) is 14.0 Å². The SMILES string of the molecule is C1CCC2NC(c3nc(C4COCCO4)no3)CCC2C1. The van der Waals surface area contributed by atoms with Crippen LogP contribution in [0.1, 0.15) is 62.4 Å². The first-order valence-electron chi connectivity index (χ1n) is 8.19. The summed E-state index contributed by atoms with van der Waals surface area (Å²) >= 11 is 0. The zero-order chi connectivity index (χ0) is 14.1. The predicted molar refractivity (Wildman–Crippen MR) is 74.7 cm³/mol. The predicted octanol–water partition coefficient (Wildman–Crippen LogP) is 2.14. The van der Waals surface area contributed by atoms with Crippen LogP contribution in [0.15, 0.2) is 4.52 Å². The molecule has 116 valence electrons. The molecule has 0 radical (unpaired) electrons. The molecule has 0 amide bonds. The van der Waals surface area contributed by atoms with Crippen molar-refractivity contribution in [2.75, 3.05) is 19.8 Å². The summed E-state index contributed by atoms with van der Waals surface area (Å²) in [4.78, 5) is 4.55. The molecule has 6 heteroatoms. The van der Waals surface area contributed by atoms with Crippen molar-refractivity contribution in [2.45, 2.75) is 56.7 Å². The molecule has 0 spiro atoms. The zero-order valence-electron chi connectivity index (χ0n) is 12.3. The second-order valence-electron chi connectivity index (χ2n) is 6.37. The van der Waals surface area contributed by atoms with Gasteiger partial charge in [0.15, 0.2) is 0 Å². The molecule has 0 bridgehead atoms. The average Bonchev–Trinajstić information content (AvgIpc) is 3.05. The molecule has 1 saturated carbocycles. The highest BCUT2D eigenvalue weighted by molar-refractivity contribution is 5.00. The number of ether oxygens (including phenoxy) is 2. The van der Waals surface area contributed by atoms with Gasteiger partial charge in [0.2, 0.25) is 11.7 Å². The van der Waals surface area contributed by atoms with Crippen LogP contribution in [-0.4, -0.2) is 36.0 Å². The highest BCUT2D eigenvalue weighted by atomic mass is 16.6. The van der Waals surface area contributed by atoms with Gasteiger partial charge < -0.3 is 19.3 Å². The van der Waals surface area contributed by atoms with Gasteiger partial charge in [-0.05, 0) is 31.6 Å². The molecule has 1 aromatic rings. The van der Waals surface area contributed by atoms with Crippen molar-refractivity contribution in [3.63, 3.8) is 0 Å². The summed E-state index contributed by atoms with van der Waals surface area (Å²) in [5.74, 6) is 2.17. The Morgan fingerprint density at radius 3 is 2.90 bits per heavy atom. The van der Waals surface area contributed by atoms with E-state index in [0.29, 0.717) is 37.6 Å². The third-order valence-electron chi connectivity index (χ3n) is 5.01. The molecule has 4 rings (SSSR count). The fourth-order valence-corrected chi connectivity index (χ4v) is 3.85. The summed E-state index contributed by atoms with van der Waals surface area (Å²) in [5, 5.41) is 7.81. The van der Waals surface area contributed by atoms with Gasteiger partial charge in [-0.25, -0.2) is 0 Å². The zero-order valence-corrected chi connectivity index (χ0v) is 12.3. The standard InChI is InChI=1S/C15H23N3O3/c1-2-4-11-10(3-1)5-6-12(16-11)15-17-14(18-21-15)13-9-19-7-8-20-13/h10-13,16H,1-9H2. The lowest BCUT2D eigenvalue weighted by Gasteiger charge is -2.39. The Morgan fingerprint density at radius 2 is 2.00 bits per heavy atom. The van der Waals surface area contributed by atoms with Crippen LogP contribution in [-0.2, 0) is 9.47 Å². The van der Waals surface area contributed by atoms with Gasteiger partial charge in [-0.1, -0.05) is 18.0 Å². The van der Waals surface area contributed by atoms with Gasteiger partial charge in [0, 0.05) is 6.04 Å². The molecular weight excluding hydrogens is 270 g/mol. The van der Waals surface area contributed by atoms with Gasteiger partial charge in [-0.15, -0.1) is 0 Å². The lowest BCUT2D eigenvalue weighted by atomic mass is 9.78. The maximum Gasteiger partial charge on any atom is 0.243 e. The molecule has 6 nitrogen and oxygen atoms in total. The van der Waals surface area contributed by atoms with Gasteiger partial charge in [0.1, 0.15) is 6.10 Å². The number of nitrogens with one attached hydrogen (secondary N) is 1. The summed E-state index contributed by atoms with van der Waals surface area (Å²) in [6, 6.07) is 0.831. The Balaban J connectivity index is 1.43. The number of fused-ring (bicyclic) bond motifs is 1. The maximum absolute atomic E-state index is 5.62. The smallest absolute Gasteiger partial charge is 0.243 e. The van der Waals surface area contributed by atoms with Crippen LogP contribution in [0.3, 0.4) is 0 Å². The van der Waals surface area contributed by atoms with Crippen LogP contribution in [0.25, 0.3) is 0 Å². The Hall–Kier alpha value is -0.980. The fraction of sp³-hybridized carbons (Fsp3) is 0.867. The van der Waals surface area contributed by atoms with Crippen LogP contribution < -0.4 is 5.32 Å². The number of nitrogens with zero attached hydrogens (tertiary/aromatic N) is 2. The van der Waals surface area contributed by atoms with Crippen LogP contribution in [0.5, 0.6) is 0 Å². The first-order valence-corrected chi connectivity index (χ1v) is 8.19. The normalized spacial score (nSPS) is 37.1. The Morgan fingerprint density at radius 1 is 1.05 bits per heavy atom. The molecule has 1 aliphatic carbocycles. The van der Waals surface area contributed by atoms with E-state index < -0.39 is 0 Å². The van der Waals surface area contributed by atoms with Gasteiger partial charge in [0.05, 0.1) is 25.9 Å². The van der Waals surface area contributed by atoms with Gasteiger partial charge >= 0.3 is 0 Å². The molecule has 0 aromatic carbocycles. The highest BCUT2D eigenvalue weighted by Crippen LogP contribution is 2.36. The molecular formula is C15H23N3O3. The summed E-state index contributed by atoms with van der Waals surface area (Å²) in [7, 11) is 0. The summed E-state index contributed by atoms with van der Waals surface area (Å²) in [5.41, 5.74) is 0. The minimum Gasteiger partial charge on any atom is -0.376 e. The van der Waals surface area contributed by atoms with Crippen molar-refractivity contribution in [1.82, 2.24) is 15.5 Å². The monoisotopic (exact) mass is 293 g/mol. The number of hydrogen-bond acceptors (Lipinski definition) is 6. The first kappa shape index (κ1) is 13.7. The van der Waals surface area contributed by atoms with Crippen LogP contribution in [0.2, 0.25) is 0 Å². The average molecular weight is 293 g/mol. The van der Waals surface area contributed by atoms with Crippen molar-refractivity contribution >= 4 is 0 Å². The third-order valence-corrected chi connectivity index (χ3v) is 5.01. The molecule has 3 aliphatic rings. The molecule has 3 heterocycles. The number of rotatable bonds is 2. The minimum absolute atomic E-state index is 0.178. The van der Waals surface area contributed by atoms with Crippen molar-refractivity contribution in [1.29, 1.82) is 0 Å². The van der Waals surface area contributed by atoms with Crippen molar-refractivity contribution in [2.24, 2.45) is 5.92 Å². The van der Waals surface area contributed by atoms with Crippen LogP contribution in [0, 0.1) is 5.92 Å². The molecule has 1 aromatic heterocycles. The molecule has 4 unspecified atom stereocenters. The Kier molecular flexibility index (Phi) is 3.92. The molecule has 4 atom stereocenters. The lowest BCUT2D eigenvalue weighted by Crippen LogP contribution is -2.44. The Labute approximate surface area is 124 Å². The van der Waals surface area contributed by atoms with Crippen molar-refractivity contribution in [3.8, 4) is 0 Å². The van der Waals surface area contributed by atoms with E-state index >= 15 is 0 Å². The largest absolute Gasteiger partial charge is 0.376 e. The van der Waals surface area contributed by atoms with E-state index in [0.717, 1.165) is 12.3 Å². The van der Waals surface area contributed by atoms with Crippen LogP contribution in [0.4, 0.5) is 0 Å². The highest BCUT2D eigenvalue weighted by Gasteiger charge is 2.35. The maximum atomic E-state index is 5.62. The second-order valence-corrected chi connectivity index (χ2v) is 6.37. The second kappa shape index (κ2) is 6.02. The van der Waals surface area contributed by atoms with E-state index in [1.165, 1.54) is 32.1 Å². The fourth-order valence-electron chi connectivity index (χ4n) is 3.85. The Bertz CT molecular complexity index is 472. The summed E-state index contributed by atoms with van der Waals surface area (Å²) in [6.07, 6.45) is 7.55. The van der Waals surface area contributed by atoms with Crippen molar-refractivity contribution < 1.29 is 14.0 Å². The summed E-state index contributed by atoms with van der Waals surface area (Å²) in [6.45, 7) is 1.76. The van der Waals surface area contributed by atoms with Gasteiger partial charge in [-0.2, -0.15) is 4.98 Å². The molecule has 1 N–H and O–H groups in total. The minimum atomic E-state index is -0.178. The molecule has 2 aliphatic heterocycles. The van der Waals surface area contributed by atoms with Gasteiger partial charge in [-0.3, -0.25) is 0 Å². The van der Waals surface area contributed by atoms with Crippen molar-refractivity contribution in [3.05, 3.63) is 11.7 Å². The number of aromatic nitrogens is 2. The quantitative estimate of drug-likeness (QED) is 0.901. The topological polar surface area (TPSA) is 69.4 Å². The lowest BCUT2D eigenvalue weighted by molar-refractivity contribution is -0.0941. The van der Waals surface area contributed by atoms with E-state index in [9.17, 15) is 0 Å². The molecule has 2 saturated heterocycles. The number of hydrogen-bond donors (Lipinski definition) is 1. The van der Waals surface area contributed by atoms with Crippen LogP contribution >= 0.6 is 0 Å². The number of piperidine rings is 1. The van der Waals surface area contributed by atoms with E-state index in [2.05, 4.69) is 15.5 Å². The molecule has 3 fully saturated rings. The third kappa shape index (κ3) is 2.84. The first-order chi connectivity index (χ1) is 10.4. The molecule has 21 heavy (non-hydrogen) atoms. The van der Waals surface area contributed by atoms with E-state index in [1.807, 2.05) is 0 Å². The summed E-state index contributed by atoms with van der Waals surface area (Å²) < 4.78 is 16.5. The van der Waals surface area contributed by atoms with E-state index in [1.54, 1.807) is 0 Å².